The molecule has 1 rings (SSSR count). The molecule has 0 aromatic heterocycles. The number of piperidine rings is 1. The van der Waals surface area contributed by atoms with E-state index in [2.05, 4.69) is 43.1 Å². The van der Waals surface area contributed by atoms with Crippen molar-refractivity contribution in [3.8, 4) is 0 Å². The van der Waals surface area contributed by atoms with Crippen molar-refractivity contribution in [3.63, 3.8) is 0 Å². The van der Waals surface area contributed by atoms with Crippen molar-refractivity contribution < 1.29 is 4.79 Å². The van der Waals surface area contributed by atoms with Crippen molar-refractivity contribution in [1.29, 1.82) is 0 Å². The van der Waals surface area contributed by atoms with Crippen LogP contribution in [0.5, 0.6) is 0 Å². The summed E-state index contributed by atoms with van der Waals surface area (Å²) in [6.45, 7) is 8.28. The van der Waals surface area contributed by atoms with Gasteiger partial charge in [0.2, 0.25) is 5.91 Å². The number of nitrogens with one attached hydrogen (secondary N) is 1. The quantitative estimate of drug-likeness (QED) is 0.713. The summed E-state index contributed by atoms with van der Waals surface area (Å²) in [7, 11) is 4.25. The molecule has 1 aliphatic rings. The minimum atomic E-state index is 0.342. The van der Waals surface area contributed by atoms with Crippen molar-refractivity contribution in [1.82, 2.24) is 15.1 Å². The molecule has 0 radical (unpaired) electrons. The van der Waals surface area contributed by atoms with Gasteiger partial charge in [-0.15, -0.1) is 0 Å². The summed E-state index contributed by atoms with van der Waals surface area (Å²) in [5, 5.41) is 3.36. The van der Waals surface area contributed by atoms with Gasteiger partial charge in [0.05, 0.1) is 0 Å². The maximum atomic E-state index is 12.1. The van der Waals surface area contributed by atoms with Gasteiger partial charge in [-0.3, -0.25) is 4.79 Å². The molecule has 1 aliphatic heterocycles. The second kappa shape index (κ2) is 8.54. The average molecular weight is 269 g/mol. The predicted octanol–water partition coefficient (Wildman–Crippen LogP) is 1.56. The number of hydrogen-bond donors (Lipinski definition) is 1. The first-order valence-electron chi connectivity index (χ1n) is 7.65. The Morgan fingerprint density at radius 3 is 2.47 bits per heavy atom. The van der Waals surface area contributed by atoms with Gasteiger partial charge in [0.15, 0.2) is 0 Å². The summed E-state index contributed by atoms with van der Waals surface area (Å²) < 4.78 is 0. The number of carbonyl (C=O) groups excluding carboxylic acids is 1. The van der Waals surface area contributed by atoms with E-state index in [0.717, 1.165) is 51.4 Å². The standard InChI is InChI=1S/C15H31N3O/c1-13(2)16-9-5-6-15(19)18-10-7-14(8-11-18)12-17(3)4/h13-14,16H,5-12H2,1-4H3. The van der Waals surface area contributed by atoms with Gasteiger partial charge >= 0.3 is 0 Å². The number of nitrogens with zero attached hydrogens (tertiary/aromatic N) is 2. The minimum absolute atomic E-state index is 0.342. The maximum absolute atomic E-state index is 12.1. The van der Waals surface area contributed by atoms with Gasteiger partial charge in [0.1, 0.15) is 0 Å². The van der Waals surface area contributed by atoms with E-state index >= 15 is 0 Å². The fourth-order valence-electron chi connectivity index (χ4n) is 2.67. The lowest BCUT2D eigenvalue weighted by atomic mass is 9.96. The molecule has 1 saturated heterocycles. The third kappa shape index (κ3) is 6.92. The topological polar surface area (TPSA) is 35.6 Å². The van der Waals surface area contributed by atoms with Crippen molar-refractivity contribution in [3.05, 3.63) is 0 Å². The Hall–Kier alpha value is -0.610. The van der Waals surface area contributed by atoms with Crippen molar-refractivity contribution >= 4 is 5.91 Å². The Balaban J connectivity index is 2.14. The third-order valence-electron chi connectivity index (χ3n) is 3.71. The molecule has 1 amide bonds. The van der Waals surface area contributed by atoms with Crippen LogP contribution in [0.25, 0.3) is 0 Å². The first-order valence-corrected chi connectivity index (χ1v) is 7.65. The fraction of sp³-hybridized carbons (Fsp3) is 0.933. The van der Waals surface area contributed by atoms with Crippen LogP contribution in [0, 0.1) is 5.92 Å². The molecule has 19 heavy (non-hydrogen) atoms. The highest BCUT2D eigenvalue weighted by Crippen LogP contribution is 2.18. The second-order valence-corrected chi connectivity index (χ2v) is 6.30. The Morgan fingerprint density at radius 1 is 1.32 bits per heavy atom. The Morgan fingerprint density at radius 2 is 1.95 bits per heavy atom. The van der Waals surface area contributed by atoms with Gasteiger partial charge in [-0.1, -0.05) is 13.8 Å². The summed E-state index contributed by atoms with van der Waals surface area (Å²) in [5.41, 5.74) is 0. The summed E-state index contributed by atoms with van der Waals surface area (Å²) in [6.07, 6.45) is 3.97. The highest BCUT2D eigenvalue weighted by molar-refractivity contribution is 5.76. The van der Waals surface area contributed by atoms with Gasteiger partial charge in [0, 0.05) is 32.1 Å². The Labute approximate surface area is 118 Å². The van der Waals surface area contributed by atoms with Crippen molar-refractivity contribution in [2.24, 2.45) is 5.92 Å². The monoisotopic (exact) mass is 269 g/mol. The minimum Gasteiger partial charge on any atom is -0.343 e. The van der Waals surface area contributed by atoms with Crippen LogP contribution in [0.3, 0.4) is 0 Å². The molecule has 1 fully saturated rings. The van der Waals surface area contributed by atoms with Crippen LogP contribution >= 0.6 is 0 Å². The van der Waals surface area contributed by atoms with Gasteiger partial charge in [-0.05, 0) is 45.8 Å². The number of hydrogen-bond acceptors (Lipinski definition) is 3. The third-order valence-corrected chi connectivity index (χ3v) is 3.71. The summed E-state index contributed by atoms with van der Waals surface area (Å²) in [5.74, 6) is 1.11. The average Bonchev–Trinajstić information content (AvgIpc) is 2.34. The van der Waals surface area contributed by atoms with Gasteiger partial charge in [-0.25, -0.2) is 0 Å². The van der Waals surface area contributed by atoms with Crippen molar-refractivity contribution in [2.45, 2.75) is 45.6 Å². The highest BCUT2D eigenvalue weighted by atomic mass is 16.2. The lowest BCUT2D eigenvalue weighted by molar-refractivity contribution is -0.132. The largest absolute Gasteiger partial charge is 0.343 e. The normalized spacial score (nSPS) is 17.5. The maximum Gasteiger partial charge on any atom is 0.222 e. The zero-order valence-corrected chi connectivity index (χ0v) is 13.1. The molecular formula is C15H31N3O. The molecule has 0 bridgehead atoms. The van der Waals surface area contributed by atoms with Crippen LogP contribution in [-0.2, 0) is 4.79 Å². The second-order valence-electron chi connectivity index (χ2n) is 6.30. The molecule has 0 aromatic rings. The zero-order chi connectivity index (χ0) is 14.3. The number of likely N-dealkylation sites (tertiary alicyclic amines) is 1. The number of rotatable bonds is 7. The van der Waals surface area contributed by atoms with E-state index in [0.29, 0.717) is 18.4 Å². The van der Waals surface area contributed by atoms with E-state index in [9.17, 15) is 4.79 Å². The first kappa shape index (κ1) is 16.4. The molecule has 4 nitrogen and oxygen atoms in total. The lowest BCUT2D eigenvalue weighted by Gasteiger charge is -2.33. The molecule has 4 heteroatoms. The smallest absolute Gasteiger partial charge is 0.222 e. The molecule has 0 saturated carbocycles. The molecule has 112 valence electrons. The van der Waals surface area contributed by atoms with Crippen LogP contribution in [-0.4, -0.2) is 62.0 Å². The molecule has 0 aliphatic carbocycles. The van der Waals surface area contributed by atoms with Gasteiger partial charge < -0.3 is 15.1 Å². The van der Waals surface area contributed by atoms with E-state index in [-0.39, 0.29) is 0 Å². The molecule has 1 heterocycles. The molecular weight excluding hydrogens is 238 g/mol. The molecule has 0 aromatic carbocycles. The molecule has 0 unspecified atom stereocenters. The summed E-state index contributed by atoms with van der Waals surface area (Å²) >= 11 is 0. The SMILES string of the molecule is CC(C)NCCCC(=O)N1CCC(CN(C)C)CC1. The van der Waals surface area contributed by atoms with E-state index in [4.69, 9.17) is 0 Å². The van der Waals surface area contributed by atoms with E-state index in [1.165, 1.54) is 0 Å². The van der Waals surface area contributed by atoms with Gasteiger partial charge in [-0.2, -0.15) is 0 Å². The molecule has 1 N–H and O–H groups in total. The number of carbonyl (C=O) groups is 1. The Bertz CT molecular complexity index is 258. The van der Waals surface area contributed by atoms with Crippen LogP contribution in [0.4, 0.5) is 0 Å². The van der Waals surface area contributed by atoms with E-state index in [1.807, 2.05) is 0 Å². The summed E-state index contributed by atoms with van der Waals surface area (Å²) in [6, 6.07) is 0.511. The number of amides is 1. The first-order chi connectivity index (χ1) is 8.99. The zero-order valence-electron chi connectivity index (χ0n) is 13.1. The summed E-state index contributed by atoms with van der Waals surface area (Å²) in [4.78, 5) is 16.4. The predicted molar refractivity (Wildman–Crippen MR) is 80.2 cm³/mol. The lowest BCUT2D eigenvalue weighted by Crippen LogP contribution is -2.40. The fourth-order valence-corrected chi connectivity index (χ4v) is 2.67. The Kier molecular flexibility index (Phi) is 7.39. The van der Waals surface area contributed by atoms with Crippen LogP contribution in [0.1, 0.15) is 39.5 Å². The van der Waals surface area contributed by atoms with E-state index < -0.39 is 0 Å². The molecule has 0 atom stereocenters. The molecule has 0 spiro atoms. The van der Waals surface area contributed by atoms with Crippen LogP contribution < -0.4 is 5.32 Å². The van der Waals surface area contributed by atoms with E-state index in [1.54, 1.807) is 0 Å². The van der Waals surface area contributed by atoms with Crippen LogP contribution in [0.15, 0.2) is 0 Å². The van der Waals surface area contributed by atoms with Crippen LogP contribution in [0.2, 0.25) is 0 Å². The van der Waals surface area contributed by atoms with Gasteiger partial charge in [0.25, 0.3) is 0 Å². The highest BCUT2D eigenvalue weighted by Gasteiger charge is 2.22. The van der Waals surface area contributed by atoms with Crippen molar-refractivity contribution in [2.75, 3.05) is 40.3 Å².